The fraction of sp³-hybridized carbons (Fsp3) is 0.435. The predicted molar refractivity (Wildman–Crippen MR) is 109 cm³/mol. The van der Waals surface area contributed by atoms with Gasteiger partial charge in [-0.15, -0.1) is 0 Å². The first-order chi connectivity index (χ1) is 14.0. The summed E-state index contributed by atoms with van der Waals surface area (Å²) in [7, 11) is 1.35. The monoisotopic (exact) mass is 397 g/mol. The number of benzene rings is 2. The van der Waals surface area contributed by atoms with Gasteiger partial charge < -0.3 is 14.4 Å². The number of hydrogen-bond acceptors (Lipinski definition) is 5. The molecule has 6 nitrogen and oxygen atoms in total. The number of carbonyl (C=O) groups is 3. The first-order valence-electron chi connectivity index (χ1n) is 10.0. The third-order valence-corrected chi connectivity index (χ3v) is 5.55. The van der Waals surface area contributed by atoms with E-state index in [0.29, 0.717) is 32.4 Å². The first-order valence-corrected chi connectivity index (χ1v) is 10.0. The molecule has 1 saturated heterocycles. The van der Waals surface area contributed by atoms with E-state index in [0.717, 1.165) is 16.3 Å². The number of hydrogen-bond donors (Lipinski definition) is 0. The van der Waals surface area contributed by atoms with Crippen molar-refractivity contribution in [1.29, 1.82) is 0 Å². The van der Waals surface area contributed by atoms with Crippen molar-refractivity contribution in [2.45, 2.75) is 26.2 Å². The zero-order valence-electron chi connectivity index (χ0n) is 16.9. The summed E-state index contributed by atoms with van der Waals surface area (Å²) in [6.45, 7) is 2.88. The molecule has 0 bridgehead atoms. The molecule has 0 radical (unpaired) electrons. The molecule has 1 heterocycles. The SMILES string of the molecule is CCOC(=O)C(Cc1cccc2ccccc12)C(=O)C1CCN(C(=O)OC)CC1. The molecule has 1 amide bonds. The highest BCUT2D eigenvalue weighted by Crippen LogP contribution is 2.27. The lowest BCUT2D eigenvalue weighted by Gasteiger charge is -2.31. The lowest BCUT2D eigenvalue weighted by Crippen LogP contribution is -2.43. The van der Waals surface area contributed by atoms with Crippen molar-refractivity contribution in [3.63, 3.8) is 0 Å². The summed E-state index contributed by atoms with van der Waals surface area (Å²) >= 11 is 0. The van der Waals surface area contributed by atoms with Crippen LogP contribution in [0.5, 0.6) is 0 Å². The van der Waals surface area contributed by atoms with E-state index in [1.807, 2.05) is 42.5 Å². The van der Waals surface area contributed by atoms with Gasteiger partial charge in [0, 0.05) is 19.0 Å². The molecule has 29 heavy (non-hydrogen) atoms. The normalized spacial score (nSPS) is 15.7. The fourth-order valence-electron chi connectivity index (χ4n) is 3.99. The van der Waals surface area contributed by atoms with Crippen LogP contribution in [-0.2, 0) is 25.5 Å². The van der Waals surface area contributed by atoms with Crippen molar-refractivity contribution < 1.29 is 23.9 Å². The molecule has 3 rings (SSSR count). The number of piperidine rings is 1. The van der Waals surface area contributed by atoms with E-state index in [-0.39, 0.29) is 24.4 Å². The number of ketones is 1. The Hall–Kier alpha value is -2.89. The summed E-state index contributed by atoms with van der Waals surface area (Å²) in [5.74, 6) is -1.67. The lowest BCUT2D eigenvalue weighted by atomic mass is 9.82. The number of fused-ring (bicyclic) bond motifs is 1. The molecule has 0 aliphatic carbocycles. The number of esters is 1. The van der Waals surface area contributed by atoms with Crippen LogP contribution in [-0.4, -0.2) is 49.6 Å². The van der Waals surface area contributed by atoms with Crippen LogP contribution < -0.4 is 0 Å². The van der Waals surface area contributed by atoms with Crippen molar-refractivity contribution in [3.8, 4) is 0 Å². The van der Waals surface area contributed by atoms with E-state index >= 15 is 0 Å². The van der Waals surface area contributed by atoms with Gasteiger partial charge in [-0.3, -0.25) is 9.59 Å². The largest absolute Gasteiger partial charge is 0.465 e. The third-order valence-electron chi connectivity index (χ3n) is 5.55. The molecule has 1 unspecified atom stereocenters. The Morgan fingerprint density at radius 1 is 1.07 bits per heavy atom. The van der Waals surface area contributed by atoms with Crippen LogP contribution >= 0.6 is 0 Å². The average Bonchev–Trinajstić information content (AvgIpc) is 2.76. The quantitative estimate of drug-likeness (QED) is 0.550. The maximum Gasteiger partial charge on any atom is 0.409 e. The maximum atomic E-state index is 13.3. The van der Waals surface area contributed by atoms with Crippen LogP contribution in [0.1, 0.15) is 25.3 Å². The number of nitrogens with zero attached hydrogens (tertiary/aromatic N) is 1. The number of likely N-dealkylation sites (tertiary alicyclic amines) is 1. The van der Waals surface area contributed by atoms with E-state index in [1.54, 1.807) is 11.8 Å². The molecule has 2 aromatic rings. The number of amides is 1. The molecule has 154 valence electrons. The highest BCUT2D eigenvalue weighted by atomic mass is 16.5. The van der Waals surface area contributed by atoms with Crippen LogP contribution in [0.3, 0.4) is 0 Å². The summed E-state index contributed by atoms with van der Waals surface area (Å²) in [5, 5.41) is 2.11. The van der Waals surface area contributed by atoms with Crippen LogP contribution in [0.15, 0.2) is 42.5 Å². The van der Waals surface area contributed by atoms with Gasteiger partial charge in [0.05, 0.1) is 13.7 Å². The number of Topliss-reactive ketones (excluding diaryl/α,β-unsaturated/α-hetero) is 1. The van der Waals surface area contributed by atoms with Crippen molar-refractivity contribution in [2.24, 2.45) is 11.8 Å². The Labute approximate surface area is 170 Å². The van der Waals surface area contributed by atoms with Gasteiger partial charge in [0.25, 0.3) is 0 Å². The Balaban J connectivity index is 1.79. The van der Waals surface area contributed by atoms with Crippen LogP contribution in [0.25, 0.3) is 10.8 Å². The molecular weight excluding hydrogens is 370 g/mol. The highest BCUT2D eigenvalue weighted by Gasteiger charge is 2.36. The fourth-order valence-corrected chi connectivity index (χ4v) is 3.99. The highest BCUT2D eigenvalue weighted by molar-refractivity contribution is 6.01. The van der Waals surface area contributed by atoms with E-state index in [1.165, 1.54) is 7.11 Å². The second kappa shape index (κ2) is 9.54. The molecule has 1 aliphatic heterocycles. The molecule has 6 heteroatoms. The number of carbonyl (C=O) groups excluding carboxylic acids is 3. The second-order valence-electron chi connectivity index (χ2n) is 7.28. The Morgan fingerprint density at radius 3 is 2.45 bits per heavy atom. The third kappa shape index (κ3) is 4.75. The smallest absolute Gasteiger partial charge is 0.409 e. The van der Waals surface area contributed by atoms with Crippen LogP contribution in [0.4, 0.5) is 4.79 Å². The predicted octanol–water partition coefficient (Wildman–Crippen LogP) is 3.61. The van der Waals surface area contributed by atoms with Gasteiger partial charge in [0.15, 0.2) is 5.78 Å². The number of rotatable bonds is 6. The molecule has 0 spiro atoms. The van der Waals surface area contributed by atoms with E-state index in [9.17, 15) is 14.4 Å². The standard InChI is InChI=1S/C23H27NO5/c1-3-29-22(26)20(15-18-9-6-8-16-7-4-5-10-19(16)18)21(25)17-11-13-24(14-12-17)23(27)28-2/h4-10,17,20H,3,11-15H2,1-2H3. The summed E-state index contributed by atoms with van der Waals surface area (Å²) in [6, 6.07) is 13.9. The van der Waals surface area contributed by atoms with Crippen molar-refractivity contribution in [2.75, 3.05) is 26.8 Å². The van der Waals surface area contributed by atoms with Gasteiger partial charge in [0.2, 0.25) is 0 Å². The van der Waals surface area contributed by atoms with Crippen molar-refractivity contribution in [1.82, 2.24) is 4.90 Å². The van der Waals surface area contributed by atoms with E-state index in [2.05, 4.69) is 0 Å². The van der Waals surface area contributed by atoms with E-state index < -0.39 is 11.9 Å². The van der Waals surface area contributed by atoms with E-state index in [4.69, 9.17) is 9.47 Å². The number of methoxy groups -OCH3 is 1. The molecular formula is C23H27NO5. The minimum absolute atomic E-state index is 0.0964. The molecule has 1 aliphatic rings. The molecule has 0 saturated carbocycles. The molecule has 0 N–H and O–H groups in total. The van der Waals surface area contributed by atoms with Gasteiger partial charge in [-0.25, -0.2) is 4.79 Å². The average molecular weight is 397 g/mol. The van der Waals surface area contributed by atoms with Gasteiger partial charge in [-0.05, 0) is 42.5 Å². The van der Waals surface area contributed by atoms with Crippen molar-refractivity contribution >= 4 is 28.6 Å². The van der Waals surface area contributed by atoms with Crippen LogP contribution in [0, 0.1) is 11.8 Å². The summed E-state index contributed by atoms with van der Waals surface area (Å²) in [6.07, 6.45) is 0.989. The zero-order chi connectivity index (χ0) is 20.8. The summed E-state index contributed by atoms with van der Waals surface area (Å²) in [4.78, 5) is 39.2. The van der Waals surface area contributed by atoms with Gasteiger partial charge >= 0.3 is 12.1 Å². The minimum atomic E-state index is -0.838. The summed E-state index contributed by atoms with van der Waals surface area (Å²) < 4.78 is 9.98. The van der Waals surface area contributed by atoms with Gasteiger partial charge in [0.1, 0.15) is 5.92 Å². The van der Waals surface area contributed by atoms with Crippen molar-refractivity contribution in [3.05, 3.63) is 48.0 Å². The first kappa shape index (κ1) is 20.8. The Kier molecular flexibility index (Phi) is 6.86. The number of ether oxygens (including phenoxy) is 2. The lowest BCUT2D eigenvalue weighted by molar-refractivity contribution is -0.153. The Morgan fingerprint density at radius 2 is 1.76 bits per heavy atom. The Bertz CT molecular complexity index is 880. The maximum absolute atomic E-state index is 13.3. The van der Waals surface area contributed by atoms with Gasteiger partial charge in [-0.1, -0.05) is 42.5 Å². The molecule has 2 aromatic carbocycles. The molecule has 0 aromatic heterocycles. The second-order valence-corrected chi connectivity index (χ2v) is 7.28. The van der Waals surface area contributed by atoms with Gasteiger partial charge in [-0.2, -0.15) is 0 Å². The summed E-state index contributed by atoms with van der Waals surface area (Å²) in [5.41, 5.74) is 0.960. The topological polar surface area (TPSA) is 72.9 Å². The molecule has 1 fully saturated rings. The van der Waals surface area contributed by atoms with Crippen LogP contribution in [0.2, 0.25) is 0 Å². The molecule has 1 atom stereocenters. The zero-order valence-corrected chi connectivity index (χ0v) is 16.9. The minimum Gasteiger partial charge on any atom is -0.465 e.